The molecule has 0 fully saturated rings. The summed E-state index contributed by atoms with van der Waals surface area (Å²) in [4.78, 5) is 12.3. The van der Waals surface area contributed by atoms with E-state index in [2.05, 4.69) is 15.5 Å². The highest BCUT2D eigenvalue weighted by atomic mass is 32.1. The number of fused-ring (bicyclic) bond motifs is 1. The summed E-state index contributed by atoms with van der Waals surface area (Å²) < 4.78 is 11.3. The van der Waals surface area contributed by atoms with Crippen LogP contribution >= 0.6 is 12.2 Å². The molecule has 9 nitrogen and oxygen atoms in total. The van der Waals surface area contributed by atoms with E-state index in [-0.39, 0.29) is 28.5 Å². The van der Waals surface area contributed by atoms with Crippen molar-refractivity contribution in [3.05, 3.63) is 23.8 Å². The number of ether oxygens (including phenoxy) is 2. The quantitative estimate of drug-likeness (QED) is 0.349. The minimum atomic E-state index is -0.614. The SMILES string of the molecule is COCCCn1c(O)c2ccc(C(=O)N=NC(=S)N[C@@H](C)COC)cc2c1O. The van der Waals surface area contributed by atoms with E-state index in [9.17, 15) is 15.0 Å². The lowest BCUT2D eigenvalue weighted by Crippen LogP contribution is -2.33. The number of hydrogen-bond donors (Lipinski definition) is 3. The Morgan fingerprint density at radius 3 is 2.61 bits per heavy atom. The number of aromatic nitrogens is 1. The van der Waals surface area contributed by atoms with E-state index in [0.29, 0.717) is 37.0 Å². The van der Waals surface area contributed by atoms with Crippen LogP contribution in [0.5, 0.6) is 11.8 Å². The standard InChI is InChI=1S/C18H24N4O5S/c1-11(10-27-3)19-18(28)21-20-15(23)12-5-6-13-14(9-12)17(25)22(16(13)24)7-4-8-26-2/h5-6,9,11,24-25H,4,7-8,10H2,1-3H3,(H,19,28)/t11-/m0/s1. The molecular formula is C18H24N4O5S. The largest absolute Gasteiger partial charge is 0.494 e. The van der Waals surface area contributed by atoms with Crippen molar-refractivity contribution >= 4 is 34.0 Å². The fraction of sp³-hybridized carbons (Fsp3) is 0.444. The first-order valence-electron chi connectivity index (χ1n) is 8.67. The Morgan fingerprint density at radius 1 is 1.21 bits per heavy atom. The van der Waals surface area contributed by atoms with E-state index in [4.69, 9.17) is 21.7 Å². The van der Waals surface area contributed by atoms with Gasteiger partial charge in [-0.3, -0.25) is 9.36 Å². The third-order valence-corrected chi connectivity index (χ3v) is 4.21. The van der Waals surface area contributed by atoms with Gasteiger partial charge in [-0.25, -0.2) is 0 Å². The molecule has 1 aromatic carbocycles. The Kier molecular flexibility index (Phi) is 7.85. The van der Waals surface area contributed by atoms with Crippen molar-refractivity contribution in [2.75, 3.05) is 27.4 Å². The predicted octanol–water partition coefficient (Wildman–Crippen LogP) is 2.59. The second-order valence-corrected chi connectivity index (χ2v) is 6.60. The number of nitrogens with one attached hydrogen (secondary N) is 1. The van der Waals surface area contributed by atoms with E-state index in [1.165, 1.54) is 16.7 Å². The molecule has 0 aliphatic rings. The molecule has 0 aliphatic heterocycles. The molecule has 0 aliphatic carbocycles. The van der Waals surface area contributed by atoms with Gasteiger partial charge in [-0.1, -0.05) is 0 Å². The second-order valence-electron chi connectivity index (χ2n) is 6.22. The van der Waals surface area contributed by atoms with E-state index < -0.39 is 5.91 Å². The summed E-state index contributed by atoms with van der Waals surface area (Å²) in [6, 6.07) is 4.45. The van der Waals surface area contributed by atoms with Crippen molar-refractivity contribution < 1.29 is 24.5 Å². The predicted molar refractivity (Wildman–Crippen MR) is 108 cm³/mol. The van der Waals surface area contributed by atoms with Crippen molar-refractivity contribution in [3.8, 4) is 11.8 Å². The molecule has 0 unspecified atom stereocenters. The van der Waals surface area contributed by atoms with Crippen LogP contribution in [0.1, 0.15) is 23.7 Å². The monoisotopic (exact) mass is 408 g/mol. The number of azo groups is 1. The number of thiocarbonyl (C=S) groups is 1. The minimum Gasteiger partial charge on any atom is -0.494 e. The van der Waals surface area contributed by atoms with Crippen molar-refractivity contribution in [3.63, 3.8) is 0 Å². The first kappa shape index (κ1) is 21.7. The molecule has 3 N–H and O–H groups in total. The van der Waals surface area contributed by atoms with Crippen molar-refractivity contribution in [1.29, 1.82) is 0 Å². The lowest BCUT2D eigenvalue weighted by atomic mass is 10.1. The van der Waals surface area contributed by atoms with E-state index in [0.717, 1.165) is 0 Å². The van der Waals surface area contributed by atoms with E-state index in [1.54, 1.807) is 20.3 Å². The summed E-state index contributed by atoms with van der Waals surface area (Å²) in [6.45, 7) is 3.16. The highest BCUT2D eigenvalue weighted by Crippen LogP contribution is 2.37. The fourth-order valence-corrected chi connectivity index (χ4v) is 2.95. The van der Waals surface area contributed by atoms with Gasteiger partial charge in [0, 0.05) is 49.7 Å². The molecule has 1 atom stereocenters. The molecule has 1 amide bonds. The van der Waals surface area contributed by atoms with Crippen LogP contribution < -0.4 is 5.32 Å². The van der Waals surface area contributed by atoms with Gasteiger partial charge in [0.25, 0.3) is 5.91 Å². The Morgan fingerprint density at radius 2 is 1.93 bits per heavy atom. The number of nitrogens with zero attached hydrogens (tertiary/aromatic N) is 3. The average Bonchev–Trinajstić information content (AvgIpc) is 2.90. The summed E-state index contributed by atoms with van der Waals surface area (Å²) in [6.07, 6.45) is 0.616. The summed E-state index contributed by atoms with van der Waals surface area (Å²) in [7, 11) is 3.15. The van der Waals surface area contributed by atoms with Crippen LogP contribution in [0.15, 0.2) is 28.4 Å². The zero-order valence-corrected chi connectivity index (χ0v) is 16.8. The number of rotatable bonds is 8. The molecule has 152 valence electrons. The summed E-state index contributed by atoms with van der Waals surface area (Å²) in [5, 5.41) is 31.7. The van der Waals surface area contributed by atoms with Gasteiger partial charge in [0.2, 0.25) is 16.9 Å². The number of carbonyl (C=O) groups is 1. The molecule has 0 saturated carbocycles. The number of amides is 1. The van der Waals surface area contributed by atoms with Gasteiger partial charge in [0.15, 0.2) is 0 Å². The number of benzene rings is 1. The molecule has 0 saturated heterocycles. The summed E-state index contributed by atoms with van der Waals surface area (Å²) in [5.74, 6) is -0.807. The summed E-state index contributed by atoms with van der Waals surface area (Å²) >= 11 is 5.02. The molecule has 1 aromatic heterocycles. The molecule has 2 rings (SSSR count). The fourth-order valence-electron chi connectivity index (χ4n) is 2.71. The Labute approximate surface area is 168 Å². The van der Waals surface area contributed by atoms with Crippen LogP contribution in [0, 0.1) is 0 Å². The van der Waals surface area contributed by atoms with Gasteiger partial charge >= 0.3 is 0 Å². The minimum absolute atomic E-state index is 0.0678. The van der Waals surface area contributed by atoms with Crippen molar-refractivity contribution in [2.45, 2.75) is 25.9 Å². The Bertz CT molecular complexity index is 880. The third-order valence-electron chi connectivity index (χ3n) is 4.01. The number of carbonyl (C=O) groups excluding carboxylic acids is 1. The zero-order valence-electron chi connectivity index (χ0n) is 16.0. The van der Waals surface area contributed by atoms with Gasteiger partial charge in [0.05, 0.1) is 6.61 Å². The van der Waals surface area contributed by atoms with Gasteiger partial charge in [-0.15, -0.1) is 10.2 Å². The van der Waals surface area contributed by atoms with Crippen molar-refractivity contribution in [1.82, 2.24) is 9.88 Å². The molecule has 0 radical (unpaired) electrons. The van der Waals surface area contributed by atoms with Gasteiger partial charge in [0.1, 0.15) is 0 Å². The van der Waals surface area contributed by atoms with Gasteiger partial charge < -0.3 is 25.0 Å². The molecule has 0 spiro atoms. The van der Waals surface area contributed by atoms with Crippen LogP contribution in [0.25, 0.3) is 10.8 Å². The lowest BCUT2D eigenvalue weighted by molar-refractivity contribution is 0.0995. The van der Waals surface area contributed by atoms with Crippen LogP contribution in [0.3, 0.4) is 0 Å². The topological polar surface area (TPSA) is 118 Å². The van der Waals surface area contributed by atoms with Gasteiger partial charge in [-0.05, 0) is 43.8 Å². The first-order chi connectivity index (χ1) is 13.4. The molecule has 1 heterocycles. The van der Waals surface area contributed by atoms with Crippen LogP contribution in [-0.2, 0) is 16.0 Å². The normalized spacial score (nSPS) is 12.5. The molecule has 10 heteroatoms. The lowest BCUT2D eigenvalue weighted by Gasteiger charge is -2.10. The first-order valence-corrected chi connectivity index (χ1v) is 9.08. The van der Waals surface area contributed by atoms with Crippen LogP contribution in [-0.4, -0.2) is 59.3 Å². The smallest absolute Gasteiger partial charge is 0.295 e. The molecule has 2 aromatic rings. The number of methoxy groups -OCH3 is 2. The number of hydrogen-bond acceptors (Lipinski definition) is 6. The van der Waals surface area contributed by atoms with E-state index >= 15 is 0 Å². The van der Waals surface area contributed by atoms with Crippen LogP contribution in [0.4, 0.5) is 0 Å². The Balaban J connectivity index is 2.16. The van der Waals surface area contributed by atoms with Gasteiger partial charge in [-0.2, -0.15) is 0 Å². The third kappa shape index (κ3) is 5.24. The average molecular weight is 408 g/mol. The maximum absolute atomic E-state index is 12.3. The maximum atomic E-state index is 12.3. The van der Waals surface area contributed by atoms with Crippen molar-refractivity contribution in [2.24, 2.45) is 10.2 Å². The van der Waals surface area contributed by atoms with E-state index in [1.807, 2.05) is 6.92 Å². The van der Waals surface area contributed by atoms with Crippen LogP contribution in [0.2, 0.25) is 0 Å². The number of aromatic hydroxyl groups is 2. The maximum Gasteiger partial charge on any atom is 0.295 e. The molecule has 0 bridgehead atoms. The molecular weight excluding hydrogens is 384 g/mol. The Hall–Kier alpha value is -2.56. The summed E-state index contributed by atoms with van der Waals surface area (Å²) in [5.41, 5.74) is 0.216. The highest BCUT2D eigenvalue weighted by Gasteiger charge is 2.17. The highest BCUT2D eigenvalue weighted by molar-refractivity contribution is 7.80. The zero-order chi connectivity index (χ0) is 20.7. The second kappa shape index (κ2) is 10.1. The molecule has 28 heavy (non-hydrogen) atoms.